The molecule has 4 rings (SSSR count). The van der Waals surface area contributed by atoms with Crippen LogP contribution in [0.2, 0.25) is 0 Å². The molecule has 0 saturated heterocycles. The van der Waals surface area contributed by atoms with Crippen LogP contribution >= 0.6 is 0 Å². The summed E-state index contributed by atoms with van der Waals surface area (Å²) in [4.78, 5) is 17.4. The van der Waals surface area contributed by atoms with Gasteiger partial charge in [0, 0.05) is 24.7 Å². The van der Waals surface area contributed by atoms with Crippen molar-refractivity contribution < 1.29 is 4.79 Å². The van der Waals surface area contributed by atoms with E-state index in [0.717, 1.165) is 35.3 Å². The summed E-state index contributed by atoms with van der Waals surface area (Å²) < 4.78 is 1.74. The number of rotatable bonds is 3. The number of anilines is 1. The van der Waals surface area contributed by atoms with Gasteiger partial charge in [-0.2, -0.15) is 10.2 Å². The minimum atomic E-state index is -0.172. The SMILES string of the molecule is Cc1nn(C)c2nc(C3CC3)cc(C(=O)Nc3ccn[nH]3)c12. The van der Waals surface area contributed by atoms with Gasteiger partial charge in [0.2, 0.25) is 0 Å². The van der Waals surface area contributed by atoms with Gasteiger partial charge in [0.15, 0.2) is 5.65 Å². The summed E-state index contributed by atoms with van der Waals surface area (Å²) in [6.45, 7) is 1.90. The highest BCUT2D eigenvalue weighted by Gasteiger charge is 2.28. The normalized spacial score (nSPS) is 14.5. The number of carbonyl (C=O) groups is 1. The molecule has 0 spiro atoms. The molecule has 3 aromatic rings. The van der Waals surface area contributed by atoms with Crippen molar-refractivity contribution in [1.82, 2.24) is 25.0 Å². The fraction of sp³-hybridized carbons (Fsp3) is 0.333. The number of carbonyl (C=O) groups excluding carboxylic acids is 1. The first-order valence-electron chi connectivity index (χ1n) is 7.28. The Morgan fingerprint density at radius 1 is 1.45 bits per heavy atom. The number of nitrogens with one attached hydrogen (secondary N) is 2. The van der Waals surface area contributed by atoms with Gasteiger partial charge in [0.1, 0.15) is 5.82 Å². The number of aromatic nitrogens is 5. The van der Waals surface area contributed by atoms with E-state index in [1.165, 1.54) is 0 Å². The Kier molecular flexibility index (Phi) is 2.75. The second kappa shape index (κ2) is 4.66. The third-order valence-electron chi connectivity index (χ3n) is 3.98. The van der Waals surface area contributed by atoms with Crippen LogP contribution in [0.15, 0.2) is 18.3 Å². The lowest BCUT2D eigenvalue weighted by atomic mass is 10.1. The van der Waals surface area contributed by atoms with Crippen LogP contribution < -0.4 is 5.32 Å². The van der Waals surface area contributed by atoms with Gasteiger partial charge in [-0.05, 0) is 25.8 Å². The Morgan fingerprint density at radius 2 is 2.27 bits per heavy atom. The van der Waals surface area contributed by atoms with E-state index in [2.05, 4.69) is 20.6 Å². The molecular formula is C15H16N6O. The zero-order chi connectivity index (χ0) is 15.3. The lowest BCUT2D eigenvalue weighted by Gasteiger charge is -2.07. The average molecular weight is 296 g/mol. The molecule has 0 atom stereocenters. The number of hydrogen-bond acceptors (Lipinski definition) is 4. The van der Waals surface area contributed by atoms with Gasteiger partial charge >= 0.3 is 0 Å². The molecule has 0 bridgehead atoms. The summed E-state index contributed by atoms with van der Waals surface area (Å²) in [7, 11) is 1.86. The van der Waals surface area contributed by atoms with Gasteiger partial charge < -0.3 is 5.32 Å². The van der Waals surface area contributed by atoms with Gasteiger partial charge in [-0.25, -0.2) is 4.98 Å². The monoisotopic (exact) mass is 296 g/mol. The van der Waals surface area contributed by atoms with Crippen molar-refractivity contribution in [3.63, 3.8) is 0 Å². The van der Waals surface area contributed by atoms with Crippen molar-refractivity contribution in [3.05, 3.63) is 35.3 Å². The van der Waals surface area contributed by atoms with E-state index in [9.17, 15) is 4.79 Å². The van der Waals surface area contributed by atoms with E-state index in [4.69, 9.17) is 4.98 Å². The zero-order valence-corrected chi connectivity index (χ0v) is 12.4. The minimum absolute atomic E-state index is 0.172. The van der Waals surface area contributed by atoms with Gasteiger partial charge in [-0.15, -0.1) is 0 Å². The van der Waals surface area contributed by atoms with Crippen LogP contribution in [0.1, 0.15) is 40.5 Å². The molecule has 0 aliphatic heterocycles. The van der Waals surface area contributed by atoms with Crippen molar-refractivity contribution in [2.24, 2.45) is 7.05 Å². The molecular weight excluding hydrogens is 280 g/mol. The predicted octanol–water partition coefficient (Wildman–Crippen LogP) is 2.13. The summed E-state index contributed by atoms with van der Waals surface area (Å²) in [5, 5.41) is 14.6. The summed E-state index contributed by atoms with van der Waals surface area (Å²) >= 11 is 0. The Bertz CT molecular complexity index is 860. The quantitative estimate of drug-likeness (QED) is 0.775. The van der Waals surface area contributed by atoms with Crippen LogP contribution in [-0.2, 0) is 7.05 Å². The van der Waals surface area contributed by atoms with Gasteiger partial charge in [-0.3, -0.25) is 14.6 Å². The minimum Gasteiger partial charge on any atom is -0.307 e. The van der Waals surface area contributed by atoms with Gasteiger partial charge in [0.05, 0.1) is 22.8 Å². The van der Waals surface area contributed by atoms with Crippen LogP contribution in [0.25, 0.3) is 11.0 Å². The molecule has 1 fully saturated rings. The molecule has 7 nitrogen and oxygen atoms in total. The molecule has 1 saturated carbocycles. The first-order valence-corrected chi connectivity index (χ1v) is 7.28. The zero-order valence-electron chi connectivity index (χ0n) is 12.4. The first kappa shape index (κ1) is 13.0. The average Bonchev–Trinajstić information content (AvgIpc) is 3.16. The second-order valence-electron chi connectivity index (χ2n) is 5.70. The summed E-state index contributed by atoms with van der Waals surface area (Å²) in [5.41, 5.74) is 3.16. The van der Waals surface area contributed by atoms with E-state index < -0.39 is 0 Å². The summed E-state index contributed by atoms with van der Waals surface area (Å²) in [5.74, 6) is 0.873. The maximum Gasteiger partial charge on any atom is 0.257 e. The van der Waals surface area contributed by atoms with Crippen LogP contribution in [0, 0.1) is 6.92 Å². The highest BCUT2D eigenvalue weighted by molar-refractivity contribution is 6.12. The lowest BCUT2D eigenvalue weighted by Crippen LogP contribution is -2.14. The molecule has 1 aliphatic carbocycles. The summed E-state index contributed by atoms with van der Waals surface area (Å²) in [6, 6.07) is 3.62. The van der Waals surface area contributed by atoms with Crippen LogP contribution in [0.5, 0.6) is 0 Å². The molecule has 0 unspecified atom stereocenters. The Hall–Kier alpha value is -2.70. The van der Waals surface area contributed by atoms with Crippen LogP contribution in [0.4, 0.5) is 5.82 Å². The largest absolute Gasteiger partial charge is 0.307 e. The number of hydrogen-bond donors (Lipinski definition) is 2. The maximum absolute atomic E-state index is 12.7. The van der Waals surface area contributed by atoms with Crippen molar-refractivity contribution in [2.75, 3.05) is 5.32 Å². The second-order valence-corrected chi connectivity index (χ2v) is 5.70. The van der Waals surface area contributed by atoms with E-state index in [-0.39, 0.29) is 5.91 Å². The Balaban J connectivity index is 1.85. The Morgan fingerprint density at radius 3 is 2.95 bits per heavy atom. The fourth-order valence-electron chi connectivity index (χ4n) is 2.75. The van der Waals surface area contributed by atoms with E-state index in [1.54, 1.807) is 16.9 Å². The number of fused-ring (bicyclic) bond motifs is 1. The number of aromatic amines is 1. The van der Waals surface area contributed by atoms with Crippen LogP contribution in [-0.4, -0.2) is 30.9 Å². The van der Waals surface area contributed by atoms with Crippen molar-refractivity contribution in [1.29, 1.82) is 0 Å². The molecule has 7 heteroatoms. The number of aryl methyl sites for hydroxylation is 2. The van der Waals surface area contributed by atoms with E-state index >= 15 is 0 Å². The molecule has 3 aromatic heterocycles. The molecule has 3 heterocycles. The predicted molar refractivity (Wildman–Crippen MR) is 81.8 cm³/mol. The van der Waals surface area contributed by atoms with E-state index in [1.807, 2.05) is 20.0 Å². The van der Waals surface area contributed by atoms with Crippen molar-refractivity contribution in [3.8, 4) is 0 Å². The molecule has 1 amide bonds. The standard InChI is InChI=1S/C15H16N6O/c1-8-13-10(15(22)18-12-5-6-16-19-12)7-11(9-3-4-9)17-14(13)21(2)20-8/h5-7,9H,3-4H2,1-2H3,(H2,16,18,19,22). The van der Waals surface area contributed by atoms with Gasteiger partial charge in [0.25, 0.3) is 5.91 Å². The van der Waals surface area contributed by atoms with Gasteiger partial charge in [-0.1, -0.05) is 0 Å². The number of pyridine rings is 1. The lowest BCUT2D eigenvalue weighted by molar-refractivity contribution is 0.102. The Labute approximate surface area is 126 Å². The molecule has 112 valence electrons. The molecule has 0 aromatic carbocycles. The topological polar surface area (TPSA) is 88.5 Å². The molecule has 2 N–H and O–H groups in total. The summed E-state index contributed by atoms with van der Waals surface area (Å²) in [6.07, 6.45) is 3.87. The first-order chi connectivity index (χ1) is 10.6. The number of H-pyrrole nitrogens is 1. The molecule has 1 aliphatic rings. The highest BCUT2D eigenvalue weighted by Crippen LogP contribution is 2.40. The highest BCUT2D eigenvalue weighted by atomic mass is 16.1. The third kappa shape index (κ3) is 2.05. The van der Waals surface area contributed by atoms with Crippen molar-refractivity contribution in [2.45, 2.75) is 25.7 Å². The van der Waals surface area contributed by atoms with Crippen LogP contribution in [0.3, 0.4) is 0 Å². The van der Waals surface area contributed by atoms with Crippen molar-refractivity contribution >= 4 is 22.8 Å². The molecule has 0 radical (unpaired) electrons. The third-order valence-corrected chi connectivity index (χ3v) is 3.98. The maximum atomic E-state index is 12.7. The smallest absolute Gasteiger partial charge is 0.257 e. The fourth-order valence-corrected chi connectivity index (χ4v) is 2.75. The number of nitrogens with zero attached hydrogens (tertiary/aromatic N) is 4. The number of amides is 1. The van der Waals surface area contributed by atoms with E-state index in [0.29, 0.717) is 17.3 Å². The molecule has 22 heavy (non-hydrogen) atoms.